The lowest BCUT2D eigenvalue weighted by molar-refractivity contribution is 0.0936. The minimum absolute atomic E-state index is 0.175. The van der Waals surface area contributed by atoms with E-state index in [0.717, 1.165) is 30.8 Å². The van der Waals surface area contributed by atoms with Gasteiger partial charge in [0.1, 0.15) is 0 Å². The minimum Gasteiger partial charge on any atom is -0.459 e. The smallest absolute Gasteiger partial charge is 0.291 e. The van der Waals surface area contributed by atoms with Crippen molar-refractivity contribution in [2.24, 2.45) is 0 Å². The third-order valence-corrected chi connectivity index (χ3v) is 5.73. The summed E-state index contributed by atoms with van der Waals surface area (Å²) in [7, 11) is 0. The molecule has 0 spiro atoms. The molecule has 4 rings (SSSR count). The number of hydrogen-bond donors (Lipinski definition) is 1. The SMILES string of the molecule is C=CCc1ccoc1C(=O)NC1=Cc2cccc3c2C(C1)CN3CCCCC. The molecular weight excluding hydrogens is 348 g/mol. The first-order chi connectivity index (χ1) is 13.7. The molecular formula is C24H28N2O2. The van der Waals surface area contributed by atoms with Crippen molar-refractivity contribution >= 4 is 17.7 Å². The van der Waals surface area contributed by atoms with E-state index >= 15 is 0 Å². The van der Waals surface area contributed by atoms with Gasteiger partial charge in [-0.05, 0) is 48.6 Å². The van der Waals surface area contributed by atoms with Crippen molar-refractivity contribution in [3.8, 4) is 0 Å². The number of carbonyl (C=O) groups is 1. The molecule has 1 atom stereocenters. The van der Waals surface area contributed by atoms with Crippen LogP contribution in [0.2, 0.25) is 0 Å². The summed E-state index contributed by atoms with van der Waals surface area (Å²) < 4.78 is 5.43. The standard InChI is InChI=1S/C24H28N2O2/c1-3-5-6-12-26-16-19-15-20(14-18-9-7-10-21(26)22(18)19)25-24(27)23-17(8-4-2)11-13-28-23/h4,7,9-11,13-14,19H,2-3,5-6,8,12,15-16H2,1H3,(H,25,27). The summed E-state index contributed by atoms with van der Waals surface area (Å²) in [6.07, 6.45) is 10.7. The number of nitrogens with zero attached hydrogens (tertiary/aromatic N) is 1. The van der Waals surface area contributed by atoms with Crippen molar-refractivity contribution in [1.82, 2.24) is 5.32 Å². The highest BCUT2D eigenvalue weighted by molar-refractivity contribution is 5.95. The summed E-state index contributed by atoms with van der Waals surface area (Å²) in [6.45, 7) is 8.13. The number of unbranched alkanes of at least 4 members (excludes halogenated alkanes) is 2. The van der Waals surface area contributed by atoms with Crippen LogP contribution in [-0.4, -0.2) is 19.0 Å². The number of hydrogen-bond acceptors (Lipinski definition) is 3. The van der Waals surface area contributed by atoms with Crippen molar-refractivity contribution in [2.45, 2.75) is 44.9 Å². The summed E-state index contributed by atoms with van der Waals surface area (Å²) in [5.41, 5.74) is 5.89. The van der Waals surface area contributed by atoms with Crippen molar-refractivity contribution in [1.29, 1.82) is 0 Å². The zero-order valence-electron chi connectivity index (χ0n) is 16.5. The second-order valence-corrected chi connectivity index (χ2v) is 7.73. The summed E-state index contributed by atoms with van der Waals surface area (Å²) in [5, 5.41) is 3.09. The fourth-order valence-electron chi connectivity index (χ4n) is 4.46. The first-order valence-electron chi connectivity index (χ1n) is 10.3. The molecule has 1 aromatic carbocycles. The Kier molecular flexibility index (Phi) is 5.38. The molecule has 1 aliphatic heterocycles. The summed E-state index contributed by atoms with van der Waals surface area (Å²) in [5.74, 6) is 0.649. The maximum Gasteiger partial charge on any atom is 0.291 e. The second kappa shape index (κ2) is 8.09. The first kappa shape index (κ1) is 18.6. The Morgan fingerprint density at radius 3 is 3.07 bits per heavy atom. The zero-order valence-corrected chi connectivity index (χ0v) is 16.5. The van der Waals surface area contributed by atoms with Gasteiger partial charge in [0.05, 0.1) is 6.26 Å². The Morgan fingerprint density at radius 2 is 2.25 bits per heavy atom. The van der Waals surface area contributed by atoms with Gasteiger partial charge in [-0.25, -0.2) is 0 Å². The topological polar surface area (TPSA) is 45.5 Å². The lowest BCUT2D eigenvalue weighted by atomic mass is 9.87. The number of nitrogens with one attached hydrogen (secondary N) is 1. The van der Waals surface area contributed by atoms with Gasteiger partial charge < -0.3 is 14.6 Å². The lowest BCUT2D eigenvalue weighted by Crippen LogP contribution is -2.27. The van der Waals surface area contributed by atoms with Crippen LogP contribution < -0.4 is 10.2 Å². The van der Waals surface area contributed by atoms with E-state index in [1.165, 1.54) is 36.1 Å². The van der Waals surface area contributed by atoms with Crippen molar-refractivity contribution in [3.05, 3.63) is 71.3 Å². The Labute approximate surface area is 166 Å². The third kappa shape index (κ3) is 3.51. The highest BCUT2D eigenvalue weighted by atomic mass is 16.3. The Morgan fingerprint density at radius 1 is 1.36 bits per heavy atom. The summed E-state index contributed by atoms with van der Waals surface area (Å²) >= 11 is 0. The number of furan rings is 1. The Balaban J connectivity index is 1.52. The van der Waals surface area contributed by atoms with E-state index < -0.39 is 0 Å². The van der Waals surface area contributed by atoms with Gasteiger partial charge in [0.2, 0.25) is 0 Å². The van der Waals surface area contributed by atoms with E-state index in [4.69, 9.17) is 4.42 Å². The van der Waals surface area contributed by atoms with Crippen LogP contribution in [0.25, 0.3) is 6.08 Å². The van der Waals surface area contributed by atoms with E-state index in [2.05, 4.69) is 48.0 Å². The highest BCUT2D eigenvalue weighted by Crippen LogP contribution is 2.45. The molecule has 146 valence electrons. The summed E-state index contributed by atoms with van der Waals surface area (Å²) in [6, 6.07) is 8.35. The molecule has 1 aliphatic carbocycles. The first-order valence-corrected chi connectivity index (χ1v) is 10.3. The van der Waals surface area contributed by atoms with Crippen LogP contribution in [0.5, 0.6) is 0 Å². The molecule has 0 saturated heterocycles. The average Bonchev–Trinajstić information content (AvgIpc) is 3.29. The van der Waals surface area contributed by atoms with Gasteiger partial charge in [0.15, 0.2) is 5.76 Å². The minimum atomic E-state index is -0.175. The van der Waals surface area contributed by atoms with Gasteiger partial charge in [-0.3, -0.25) is 4.79 Å². The Hall–Kier alpha value is -2.75. The molecule has 28 heavy (non-hydrogen) atoms. The maximum absolute atomic E-state index is 12.7. The number of allylic oxidation sites excluding steroid dienone is 2. The van der Waals surface area contributed by atoms with Crippen LogP contribution in [-0.2, 0) is 6.42 Å². The number of anilines is 1. The molecule has 0 radical (unpaired) electrons. The van der Waals surface area contributed by atoms with E-state index in [-0.39, 0.29) is 5.91 Å². The van der Waals surface area contributed by atoms with Crippen molar-refractivity contribution in [2.75, 3.05) is 18.0 Å². The van der Waals surface area contributed by atoms with E-state index in [1.54, 1.807) is 12.3 Å². The maximum atomic E-state index is 12.7. The van der Waals surface area contributed by atoms with Gasteiger partial charge >= 0.3 is 0 Å². The molecule has 4 heteroatoms. The van der Waals surface area contributed by atoms with Crippen LogP contribution in [0, 0.1) is 0 Å². The van der Waals surface area contributed by atoms with E-state index in [9.17, 15) is 4.79 Å². The van der Waals surface area contributed by atoms with Gasteiger partial charge in [0.25, 0.3) is 5.91 Å². The van der Waals surface area contributed by atoms with Crippen LogP contribution >= 0.6 is 0 Å². The molecule has 0 bridgehead atoms. The number of rotatable bonds is 8. The highest BCUT2D eigenvalue weighted by Gasteiger charge is 2.33. The van der Waals surface area contributed by atoms with Gasteiger partial charge in [-0.15, -0.1) is 6.58 Å². The van der Waals surface area contributed by atoms with Crippen LogP contribution in [0.15, 0.2) is 53.3 Å². The third-order valence-electron chi connectivity index (χ3n) is 5.73. The van der Waals surface area contributed by atoms with Crippen LogP contribution in [0.1, 0.15) is 65.8 Å². The molecule has 2 aromatic rings. The molecule has 1 aromatic heterocycles. The monoisotopic (exact) mass is 376 g/mol. The van der Waals surface area contributed by atoms with E-state index in [1.807, 2.05) is 6.07 Å². The molecule has 1 unspecified atom stereocenters. The quantitative estimate of drug-likeness (QED) is 0.504. The molecule has 0 fully saturated rings. The molecule has 2 aliphatic rings. The van der Waals surface area contributed by atoms with Crippen LogP contribution in [0.3, 0.4) is 0 Å². The number of carbonyl (C=O) groups excluding carboxylic acids is 1. The van der Waals surface area contributed by atoms with Gasteiger partial charge in [-0.2, -0.15) is 0 Å². The number of amides is 1. The van der Waals surface area contributed by atoms with Gasteiger partial charge in [-0.1, -0.05) is 38.0 Å². The molecule has 1 N–H and O–H groups in total. The fraction of sp³-hybridized carbons (Fsp3) is 0.375. The largest absolute Gasteiger partial charge is 0.459 e. The second-order valence-electron chi connectivity index (χ2n) is 7.73. The summed E-state index contributed by atoms with van der Waals surface area (Å²) in [4.78, 5) is 15.3. The van der Waals surface area contributed by atoms with Crippen molar-refractivity contribution in [3.63, 3.8) is 0 Å². The Bertz CT molecular complexity index is 909. The predicted octanol–water partition coefficient (Wildman–Crippen LogP) is 5.28. The normalized spacial score (nSPS) is 17.2. The predicted molar refractivity (Wildman–Crippen MR) is 114 cm³/mol. The van der Waals surface area contributed by atoms with Gasteiger partial charge in [0, 0.05) is 36.0 Å². The average molecular weight is 377 g/mol. The van der Waals surface area contributed by atoms with Crippen LogP contribution in [0.4, 0.5) is 5.69 Å². The fourth-order valence-corrected chi connectivity index (χ4v) is 4.46. The lowest BCUT2D eigenvalue weighted by Gasteiger charge is -2.21. The van der Waals surface area contributed by atoms with E-state index in [0.29, 0.717) is 18.1 Å². The molecule has 0 saturated carbocycles. The molecule has 4 nitrogen and oxygen atoms in total. The van der Waals surface area contributed by atoms with Crippen molar-refractivity contribution < 1.29 is 9.21 Å². The zero-order chi connectivity index (χ0) is 19.5. The molecule has 2 heterocycles. The molecule has 1 amide bonds. The number of benzene rings is 1.